The highest BCUT2D eigenvalue weighted by atomic mass is 32.2. The molecule has 0 aliphatic heterocycles. The molecule has 0 atom stereocenters. The Kier molecular flexibility index (Phi) is 7.12. The lowest BCUT2D eigenvalue weighted by molar-refractivity contribution is 0.0743. The van der Waals surface area contributed by atoms with Crippen molar-refractivity contribution in [2.75, 3.05) is 12.4 Å². The van der Waals surface area contributed by atoms with E-state index in [0.29, 0.717) is 35.6 Å². The number of phenolic OH excluding ortho intramolecular Hbond substituents is 2. The standard InChI is InChI=1S/C22H24N2O5S/c1-14(2)29-11-5-10-24-21(28)16-6-3-4-7-18(16)23-22(24)30-13-20(27)17-9-8-15(25)12-19(17)26/h3-4,6-9,12,14,25-26H,5,10-11,13H2,1-2H3. The van der Waals surface area contributed by atoms with Crippen LogP contribution in [0.5, 0.6) is 11.5 Å². The molecule has 0 spiro atoms. The SMILES string of the molecule is CC(C)OCCCn1c(SCC(=O)c2ccc(O)cc2O)nc2ccccc2c1=O. The van der Waals surface area contributed by atoms with Gasteiger partial charge in [-0.3, -0.25) is 14.2 Å². The zero-order chi connectivity index (χ0) is 21.7. The maximum absolute atomic E-state index is 13.0. The smallest absolute Gasteiger partial charge is 0.262 e. The van der Waals surface area contributed by atoms with Gasteiger partial charge in [0.05, 0.1) is 28.3 Å². The van der Waals surface area contributed by atoms with Gasteiger partial charge in [-0.05, 0) is 44.5 Å². The Morgan fingerprint density at radius 2 is 1.97 bits per heavy atom. The number of ether oxygens (including phenoxy) is 1. The molecular weight excluding hydrogens is 404 g/mol. The van der Waals surface area contributed by atoms with E-state index >= 15 is 0 Å². The molecule has 158 valence electrons. The monoisotopic (exact) mass is 428 g/mol. The Balaban J connectivity index is 1.84. The first-order chi connectivity index (χ1) is 14.4. The molecule has 0 saturated heterocycles. The fraction of sp³-hybridized carbons (Fsp3) is 0.318. The number of rotatable bonds is 9. The van der Waals surface area contributed by atoms with Gasteiger partial charge in [0.25, 0.3) is 5.56 Å². The van der Waals surface area contributed by atoms with Crippen LogP contribution in [0.15, 0.2) is 52.4 Å². The van der Waals surface area contributed by atoms with E-state index in [-0.39, 0.29) is 40.3 Å². The number of para-hydroxylation sites is 1. The van der Waals surface area contributed by atoms with Gasteiger partial charge in [-0.15, -0.1) is 0 Å². The summed E-state index contributed by atoms with van der Waals surface area (Å²) in [5, 5.41) is 20.3. The number of fused-ring (bicyclic) bond motifs is 1. The lowest BCUT2D eigenvalue weighted by atomic mass is 10.1. The van der Waals surface area contributed by atoms with Gasteiger partial charge >= 0.3 is 0 Å². The summed E-state index contributed by atoms with van der Waals surface area (Å²) in [6, 6.07) is 10.9. The molecule has 0 bridgehead atoms. The number of ketones is 1. The summed E-state index contributed by atoms with van der Waals surface area (Å²) in [4.78, 5) is 30.1. The number of carbonyl (C=O) groups is 1. The number of carbonyl (C=O) groups excluding carboxylic acids is 1. The second-order valence-electron chi connectivity index (χ2n) is 7.05. The van der Waals surface area contributed by atoms with Crippen molar-refractivity contribution in [2.24, 2.45) is 0 Å². The van der Waals surface area contributed by atoms with Crippen molar-refractivity contribution in [2.45, 2.75) is 38.1 Å². The first-order valence-electron chi connectivity index (χ1n) is 9.66. The Labute approximate surface area is 178 Å². The van der Waals surface area contributed by atoms with E-state index in [2.05, 4.69) is 4.98 Å². The Morgan fingerprint density at radius 3 is 2.70 bits per heavy atom. The van der Waals surface area contributed by atoms with Crippen LogP contribution in [0.3, 0.4) is 0 Å². The molecule has 0 aliphatic carbocycles. The average molecular weight is 429 g/mol. The molecule has 0 aliphatic rings. The van der Waals surface area contributed by atoms with Gasteiger partial charge in [0, 0.05) is 19.2 Å². The molecule has 2 N–H and O–H groups in total. The quantitative estimate of drug-likeness (QED) is 0.232. The van der Waals surface area contributed by atoms with Crippen LogP contribution in [-0.2, 0) is 11.3 Å². The Bertz CT molecular complexity index is 1110. The number of hydrogen-bond donors (Lipinski definition) is 2. The van der Waals surface area contributed by atoms with Crippen molar-refractivity contribution in [1.29, 1.82) is 0 Å². The molecular formula is C22H24N2O5S. The highest BCUT2D eigenvalue weighted by molar-refractivity contribution is 7.99. The molecule has 8 heteroatoms. The minimum absolute atomic E-state index is 0.00832. The summed E-state index contributed by atoms with van der Waals surface area (Å²) in [6.07, 6.45) is 0.749. The van der Waals surface area contributed by atoms with E-state index in [1.165, 1.54) is 12.1 Å². The predicted octanol–water partition coefficient (Wildman–Crippen LogP) is 3.60. The van der Waals surface area contributed by atoms with Crippen LogP contribution in [0.2, 0.25) is 0 Å². The van der Waals surface area contributed by atoms with Crippen molar-refractivity contribution in [3.05, 3.63) is 58.4 Å². The molecule has 0 fully saturated rings. The van der Waals surface area contributed by atoms with Gasteiger partial charge in [0.15, 0.2) is 10.9 Å². The third-order valence-electron chi connectivity index (χ3n) is 4.42. The molecule has 30 heavy (non-hydrogen) atoms. The molecule has 1 aromatic heterocycles. The second kappa shape index (κ2) is 9.77. The van der Waals surface area contributed by atoms with Crippen molar-refractivity contribution in [3.8, 4) is 11.5 Å². The molecule has 0 unspecified atom stereocenters. The van der Waals surface area contributed by atoms with E-state index in [1.807, 2.05) is 19.9 Å². The van der Waals surface area contributed by atoms with Gasteiger partial charge in [-0.2, -0.15) is 0 Å². The van der Waals surface area contributed by atoms with Crippen LogP contribution >= 0.6 is 11.8 Å². The predicted molar refractivity (Wildman–Crippen MR) is 117 cm³/mol. The highest BCUT2D eigenvalue weighted by Gasteiger charge is 2.16. The number of benzene rings is 2. The van der Waals surface area contributed by atoms with Crippen LogP contribution in [0.25, 0.3) is 10.9 Å². The van der Waals surface area contributed by atoms with Gasteiger partial charge in [-0.25, -0.2) is 4.98 Å². The minimum Gasteiger partial charge on any atom is -0.508 e. The largest absolute Gasteiger partial charge is 0.508 e. The zero-order valence-corrected chi connectivity index (χ0v) is 17.7. The average Bonchev–Trinajstić information content (AvgIpc) is 2.70. The van der Waals surface area contributed by atoms with Crippen LogP contribution in [-0.4, -0.2) is 44.0 Å². The lowest BCUT2D eigenvalue weighted by Crippen LogP contribution is -2.24. The number of nitrogens with zero attached hydrogens (tertiary/aromatic N) is 2. The molecule has 0 radical (unpaired) electrons. The van der Waals surface area contributed by atoms with E-state index in [0.717, 1.165) is 17.8 Å². The molecule has 7 nitrogen and oxygen atoms in total. The Hall–Kier alpha value is -2.84. The minimum atomic E-state index is -0.324. The Morgan fingerprint density at radius 1 is 1.20 bits per heavy atom. The first kappa shape index (κ1) is 21.9. The highest BCUT2D eigenvalue weighted by Crippen LogP contribution is 2.25. The van der Waals surface area contributed by atoms with Crippen LogP contribution in [0.4, 0.5) is 0 Å². The van der Waals surface area contributed by atoms with Crippen molar-refractivity contribution >= 4 is 28.4 Å². The summed E-state index contributed by atoms with van der Waals surface area (Å²) >= 11 is 1.14. The van der Waals surface area contributed by atoms with E-state index in [1.54, 1.807) is 22.8 Å². The number of phenols is 2. The van der Waals surface area contributed by atoms with Crippen molar-refractivity contribution < 1.29 is 19.7 Å². The maximum atomic E-state index is 13.0. The van der Waals surface area contributed by atoms with Crippen molar-refractivity contribution in [3.63, 3.8) is 0 Å². The van der Waals surface area contributed by atoms with E-state index in [9.17, 15) is 19.8 Å². The number of hydrogen-bond acceptors (Lipinski definition) is 7. The summed E-state index contributed by atoms with van der Waals surface area (Å²) in [7, 11) is 0. The van der Waals surface area contributed by atoms with Gasteiger partial charge < -0.3 is 14.9 Å². The molecule has 3 aromatic rings. The molecule has 1 heterocycles. The van der Waals surface area contributed by atoms with Crippen LogP contribution < -0.4 is 5.56 Å². The van der Waals surface area contributed by atoms with Gasteiger partial charge in [0.1, 0.15) is 11.5 Å². The zero-order valence-electron chi connectivity index (χ0n) is 16.9. The van der Waals surface area contributed by atoms with E-state index < -0.39 is 0 Å². The number of thioether (sulfide) groups is 1. The number of aromatic hydroxyl groups is 2. The summed E-state index contributed by atoms with van der Waals surface area (Å²) in [6.45, 7) is 4.84. The third kappa shape index (κ3) is 5.20. The topological polar surface area (TPSA) is 102 Å². The fourth-order valence-corrected chi connectivity index (χ4v) is 3.87. The summed E-state index contributed by atoms with van der Waals surface area (Å²) in [5.41, 5.74) is 0.521. The van der Waals surface area contributed by atoms with Crippen LogP contribution in [0, 0.1) is 0 Å². The summed E-state index contributed by atoms with van der Waals surface area (Å²) in [5.74, 6) is -0.735. The van der Waals surface area contributed by atoms with Gasteiger partial charge in [-0.1, -0.05) is 23.9 Å². The van der Waals surface area contributed by atoms with Crippen molar-refractivity contribution in [1.82, 2.24) is 9.55 Å². The number of aromatic nitrogens is 2. The first-order valence-corrected chi connectivity index (χ1v) is 10.6. The van der Waals surface area contributed by atoms with E-state index in [4.69, 9.17) is 4.74 Å². The lowest BCUT2D eigenvalue weighted by Gasteiger charge is -2.14. The number of Topliss-reactive ketones (excluding diaryl/α,β-unsaturated/α-hetero) is 1. The second-order valence-corrected chi connectivity index (χ2v) is 8.00. The van der Waals surface area contributed by atoms with Crippen LogP contribution in [0.1, 0.15) is 30.6 Å². The fourth-order valence-electron chi connectivity index (χ4n) is 2.96. The normalized spacial score (nSPS) is 11.3. The molecule has 2 aromatic carbocycles. The van der Waals surface area contributed by atoms with Gasteiger partial charge in [0.2, 0.25) is 0 Å². The molecule has 0 amide bonds. The maximum Gasteiger partial charge on any atom is 0.262 e. The molecule has 0 saturated carbocycles. The summed E-state index contributed by atoms with van der Waals surface area (Å²) < 4.78 is 7.13. The molecule has 3 rings (SSSR count). The third-order valence-corrected chi connectivity index (χ3v) is 5.39.